The predicted molar refractivity (Wildman–Crippen MR) is 349 cm³/mol. The summed E-state index contributed by atoms with van der Waals surface area (Å²) in [6.45, 7) is 0. The molecule has 82 heavy (non-hydrogen) atoms. The fourth-order valence-corrected chi connectivity index (χ4v) is 12.5. The summed E-state index contributed by atoms with van der Waals surface area (Å²) in [6.07, 6.45) is 0. The molecule has 14 aromatic carbocycles. The highest BCUT2D eigenvalue weighted by Crippen LogP contribution is 2.48. The molecule has 0 unspecified atom stereocenters. The van der Waals surface area contributed by atoms with Crippen LogP contribution in [0.2, 0.25) is 0 Å². The molecule has 384 valence electrons. The van der Waals surface area contributed by atoms with Crippen molar-refractivity contribution < 1.29 is 0 Å². The molecule has 0 atom stereocenters. The van der Waals surface area contributed by atoms with Crippen LogP contribution in [0.25, 0.3) is 127 Å². The normalized spacial score (nSPS) is 11.4. The van der Waals surface area contributed by atoms with Crippen molar-refractivity contribution in [2.75, 3.05) is 4.90 Å². The van der Waals surface area contributed by atoms with Crippen molar-refractivity contribution in [3.05, 3.63) is 328 Å². The van der Waals surface area contributed by atoms with E-state index in [1.165, 1.54) is 87.9 Å². The Bertz CT molecular complexity index is 4570. The van der Waals surface area contributed by atoms with E-state index in [-0.39, 0.29) is 0 Å². The van der Waals surface area contributed by atoms with Gasteiger partial charge in [0.2, 0.25) is 0 Å². The molecule has 0 spiro atoms. The Labute approximate surface area is 478 Å². The molecule has 0 saturated heterocycles. The first-order valence-electron chi connectivity index (χ1n) is 28.2. The zero-order chi connectivity index (χ0) is 54.3. The topological polar surface area (TPSA) is 8.17 Å². The minimum Gasteiger partial charge on any atom is -0.310 e. The lowest BCUT2D eigenvalue weighted by atomic mass is 9.86. The highest BCUT2D eigenvalue weighted by Gasteiger charge is 2.23. The molecule has 0 N–H and O–H groups in total. The fraction of sp³-hybridized carbons (Fsp3) is 0. The van der Waals surface area contributed by atoms with Crippen LogP contribution in [0.1, 0.15) is 0 Å². The summed E-state index contributed by atoms with van der Waals surface area (Å²) >= 11 is 0. The molecule has 0 aliphatic rings. The van der Waals surface area contributed by atoms with E-state index in [2.05, 4.69) is 337 Å². The first-order valence-corrected chi connectivity index (χ1v) is 28.2. The number of anilines is 3. The lowest BCUT2D eigenvalue weighted by Crippen LogP contribution is -2.11. The highest BCUT2D eigenvalue weighted by atomic mass is 15.1. The third-order valence-corrected chi connectivity index (χ3v) is 16.4. The molecule has 0 radical (unpaired) electrons. The number of hydrogen-bond donors (Lipinski definition) is 0. The van der Waals surface area contributed by atoms with Gasteiger partial charge in [0, 0.05) is 33.4 Å². The van der Waals surface area contributed by atoms with Gasteiger partial charge in [0.25, 0.3) is 0 Å². The van der Waals surface area contributed by atoms with Gasteiger partial charge in [-0.15, -0.1) is 0 Å². The van der Waals surface area contributed by atoms with E-state index in [1.54, 1.807) is 0 Å². The minimum atomic E-state index is 1.04. The zero-order valence-electron chi connectivity index (χ0n) is 45.1. The third-order valence-electron chi connectivity index (χ3n) is 16.4. The fourth-order valence-electron chi connectivity index (χ4n) is 12.5. The lowest BCUT2D eigenvalue weighted by Gasteiger charge is -2.28. The Kier molecular flexibility index (Phi) is 12.2. The Morgan fingerprint density at radius 2 is 0.512 bits per heavy atom. The number of nitrogens with zero attached hydrogens (tertiary/aromatic N) is 2. The maximum Gasteiger partial charge on any atom is 0.0541 e. The standard InChI is InChI=1S/C80H54N2/c1-5-23-55(24-6-1)72-49-60-31-13-15-33-62(60)51-76(72)68-47-45-65(53-74(68)57-27-9-3-10-28-57)81(64-43-41-59(42-44-64)67-35-17-20-38-78(67)82-79-39-21-18-36-70(79)71-37-19-22-40-80(71)82)66-46-48-69(75(54-66)58-29-11-4-12-30-58)77-52-63-34-16-14-32-61(63)50-73(77)56-25-7-2-8-26-56/h1-54H. The molecule has 0 aliphatic carbocycles. The smallest absolute Gasteiger partial charge is 0.0541 e. The zero-order valence-corrected chi connectivity index (χ0v) is 45.1. The average molecular weight is 1040 g/mol. The van der Waals surface area contributed by atoms with Crippen molar-refractivity contribution in [2.45, 2.75) is 0 Å². The van der Waals surface area contributed by atoms with Crippen molar-refractivity contribution in [1.29, 1.82) is 0 Å². The first kappa shape index (κ1) is 48.3. The second-order valence-corrected chi connectivity index (χ2v) is 21.2. The first-order chi connectivity index (χ1) is 40.7. The van der Waals surface area contributed by atoms with Crippen LogP contribution in [-0.4, -0.2) is 4.57 Å². The molecular weight excluding hydrogens is 989 g/mol. The SMILES string of the molecule is c1ccc(-c2cc(N(c3ccc(-c4ccccc4-n4c5ccccc5c5ccccc54)cc3)c3ccc(-c4cc5ccccc5cc4-c4ccccc4)c(-c4ccccc4)c3)ccc2-c2cc3ccccc3cc2-c2ccccc2)cc1. The maximum absolute atomic E-state index is 2.45. The maximum atomic E-state index is 2.45. The van der Waals surface area contributed by atoms with Crippen LogP contribution in [0.4, 0.5) is 17.1 Å². The molecular formula is C80H54N2. The Hall–Kier alpha value is -10.8. The number of hydrogen-bond acceptors (Lipinski definition) is 1. The number of benzene rings is 14. The van der Waals surface area contributed by atoms with Gasteiger partial charge in [0.05, 0.1) is 16.7 Å². The van der Waals surface area contributed by atoms with Crippen LogP contribution in [0, 0.1) is 0 Å². The molecule has 2 heteroatoms. The van der Waals surface area contributed by atoms with E-state index in [0.717, 1.165) is 56.1 Å². The van der Waals surface area contributed by atoms with Gasteiger partial charge in [-0.25, -0.2) is 0 Å². The number of para-hydroxylation sites is 3. The van der Waals surface area contributed by atoms with Gasteiger partial charge in [-0.3, -0.25) is 0 Å². The Morgan fingerprint density at radius 1 is 0.195 bits per heavy atom. The van der Waals surface area contributed by atoms with Gasteiger partial charge in [0.1, 0.15) is 0 Å². The molecule has 0 fully saturated rings. The van der Waals surface area contributed by atoms with Crippen molar-refractivity contribution in [3.63, 3.8) is 0 Å². The van der Waals surface area contributed by atoms with Gasteiger partial charge >= 0.3 is 0 Å². The number of aromatic nitrogens is 1. The largest absolute Gasteiger partial charge is 0.310 e. The molecule has 0 bridgehead atoms. The Balaban J connectivity index is 0.953. The van der Waals surface area contributed by atoms with Crippen LogP contribution >= 0.6 is 0 Å². The van der Waals surface area contributed by atoms with Crippen molar-refractivity contribution in [1.82, 2.24) is 4.57 Å². The van der Waals surface area contributed by atoms with E-state index in [0.29, 0.717) is 0 Å². The average Bonchev–Trinajstić information content (AvgIpc) is 4.00. The molecule has 0 amide bonds. The summed E-state index contributed by atoms with van der Waals surface area (Å²) in [5.41, 5.74) is 23.0. The second kappa shape index (κ2) is 20.8. The monoisotopic (exact) mass is 1040 g/mol. The van der Waals surface area contributed by atoms with E-state index in [9.17, 15) is 0 Å². The van der Waals surface area contributed by atoms with E-state index >= 15 is 0 Å². The van der Waals surface area contributed by atoms with Gasteiger partial charge in [-0.1, -0.05) is 249 Å². The van der Waals surface area contributed by atoms with Crippen LogP contribution in [-0.2, 0) is 0 Å². The summed E-state index contributed by atoms with van der Waals surface area (Å²) in [6, 6.07) is 120. The van der Waals surface area contributed by atoms with Crippen molar-refractivity contribution in [3.8, 4) is 83.6 Å². The van der Waals surface area contributed by atoms with Gasteiger partial charge < -0.3 is 9.47 Å². The van der Waals surface area contributed by atoms with Crippen molar-refractivity contribution in [2.24, 2.45) is 0 Å². The number of fused-ring (bicyclic) bond motifs is 5. The van der Waals surface area contributed by atoms with Gasteiger partial charge in [-0.05, 0) is 173 Å². The summed E-state index contributed by atoms with van der Waals surface area (Å²) in [4.78, 5) is 2.45. The van der Waals surface area contributed by atoms with Crippen LogP contribution in [0.5, 0.6) is 0 Å². The molecule has 0 saturated carbocycles. The molecule has 0 aliphatic heterocycles. The van der Waals surface area contributed by atoms with E-state index in [1.807, 2.05) is 0 Å². The lowest BCUT2D eigenvalue weighted by molar-refractivity contribution is 1.18. The number of rotatable bonds is 11. The third kappa shape index (κ3) is 8.71. The Morgan fingerprint density at radius 3 is 0.939 bits per heavy atom. The summed E-state index contributed by atoms with van der Waals surface area (Å²) < 4.78 is 2.43. The van der Waals surface area contributed by atoms with Crippen LogP contribution < -0.4 is 4.90 Å². The quantitative estimate of drug-likeness (QED) is 0.125. The van der Waals surface area contributed by atoms with E-state index in [4.69, 9.17) is 0 Å². The van der Waals surface area contributed by atoms with Gasteiger partial charge in [0.15, 0.2) is 0 Å². The van der Waals surface area contributed by atoms with Crippen LogP contribution in [0.3, 0.4) is 0 Å². The minimum absolute atomic E-state index is 1.04. The summed E-state index contributed by atoms with van der Waals surface area (Å²) in [5, 5.41) is 7.33. The van der Waals surface area contributed by atoms with E-state index < -0.39 is 0 Å². The van der Waals surface area contributed by atoms with Crippen molar-refractivity contribution >= 4 is 60.4 Å². The van der Waals surface area contributed by atoms with Gasteiger partial charge in [-0.2, -0.15) is 0 Å². The molecule has 1 aromatic heterocycles. The highest BCUT2D eigenvalue weighted by molar-refractivity contribution is 6.10. The van der Waals surface area contributed by atoms with Crippen LogP contribution in [0.15, 0.2) is 328 Å². The summed E-state index contributed by atoms with van der Waals surface area (Å²) in [5.74, 6) is 0. The molecule has 15 aromatic rings. The predicted octanol–water partition coefficient (Wildman–Crippen LogP) is 22.2. The molecule has 2 nitrogen and oxygen atoms in total. The summed E-state index contributed by atoms with van der Waals surface area (Å²) in [7, 11) is 0. The second-order valence-electron chi connectivity index (χ2n) is 21.2. The molecule has 1 heterocycles. The molecule has 15 rings (SSSR count).